The lowest BCUT2D eigenvalue weighted by Crippen LogP contribution is -2.28. The third-order valence-electron chi connectivity index (χ3n) is 14.5. The Morgan fingerprint density at radius 2 is 0.810 bits per heavy atom. The van der Waals surface area contributed by atoms with Crippen LogP contribution in [0, 0.1) is 0 Å². The molecule has 2 aliphatic carbocycles. The highest BCUT2D eigenvalue weighted by molar-refractivity contribution is 6.26. The number of hydrogen-bond acceptors (Lipinski definition) is 1. The summed E-state index contributed by atoms with van der Waals surface area (Å²) in [5, 5.41) is 10.2. The van der Waals surface area contributed by atoms with Gasteiger partial charge in [-0.15, -0.1) is 0 Å². The van der Waals surface area contributed by atoms with Crippen molar-refractivity contribution in [3.8, 4) is 22.3 Å². The van der Waals surface area contributed by atoms with Crippen molar-refractivity contribution in [2.45, 2.75) is 24.7 Å². The quantitative estimate of drug-likeness (QED) is 0.157. The summed E-state index contributed by atoms with van der Waals surface area (Å²) in [7, 11) is 0. The van der Waals surface area contributed by atoms with Crippen molar-refractivity contribution in [1.29, 1.82) is 0 Å². The van der Waals surface area contributed by atoms with Gasteiger partial charge in [-0.25, -0.2) is 0 Å². The predicted molar refractivity (Wildman–Crippen MR) is 266 cm³/mol. The monoisotopic (exact) mass is 801 g/mol. The second-order valence-corrected chi connectivity index (χ2v) is 18.0. The van der Waals surface area contributed by atoms with E-state index in [9.17, 15) is 0 Å². The molecule has 0 N–H and O–H groups in total. The molecule has 0 fully saturated rings. The molecule has 0 atom stereocenters. The van der Waals surface area contributed by atoms with Crippen LogP contribution in [0.3, 0.4) is 0 Å². The van der Waals surface area contributed by atoms with Crippen LogP contribution in [0.2, 0.25) is 0 Å². The van der Waals surface area contributed by atoms with Gasteiger partial charge >= 0.3 is 0 Å². The first-order valence-corrected chi connectivity index (χ1v) is 22.2. The highest BCUT2D eigenvalue weighted by Gasteiger charge is 2.47. The molecule has 0 heterocycles. The summed E-state index contributed by atoms with van der Waals surface area (Å²) in [6.45, 7) is 4.82. The Kier molecular flexibility index (Phi) is 7.64. The van der Waals surface area contributed by atoms with Crippen LogP contribution in [-0.4, -0.2) is 0 Å². The van der Waals surface area contributed by atoms with Crippen molar-refractivity contribution in [2.24, 2.45) is 0 Å². The fourth-order valence-electron chi connectivity index (χ4n) is 11.8. The highest BCUT2D eigenvalue weighted by atomic mass is 15.1. The van der Waals surface area contributed by atoms with Crippen molar-refractivity contribution in [1.82, 2.24) is 0 Å². The molecule has 63 heavy (non-hydrogen) atoms. The summed E-state index contributed by atoms with van der Waals surface area (Å²) >= 11 is 0. The van der Waals surface area contributed by atoms with E-state index in [0.717, 1.165) is 11.4 Å². The van der Waals surface area contributed by atoms with E-state index in [2.05, 4.69) is 243 Å². The molecule has 0 spiro atoms. The fourth-order valence-corrected chi connectivity index (χ4v) is 11.8. The van der Waals surface area contributed by atoms with Gasteiger partial charge in [0.2, 0.25) is 0 Å². The second kappa shape index (κ2) is 13.4. The van der Waals surface area contributed by atoms with Gasteiger partial charge in [-0.3, -0.25) is 0 Å². The van der Waals surface area contributed by atoms with E-state index in [1.807, 2.05) is 0 Å². The molecule has 1 nitrogen and oxygen atoms in total. The molecule has 0 bridgehead atoms. The van der Waals surface area contributed by atoms with E-state index in [0.29, 0.717) is 0 Å². The maximum absolute atomic E-state index is 2.58. The molecule has 0 amide bonds. The summed E-state index contributed by atoms with van der Waals surface area (Å²) in [6, 6.07) is 84.2. The summed E-state index contributed by atoms with van der Waals surface area (Å²) in [5.41, 5.74) is 15.7. The number of benzene rings is 11. The van der Waals surface area contributed by atoms with Gasteiger partial charge in [0.05, 0.1) is 11.1 Å². The topological polar surface area (TPSA) is 3.24 Å². The van der Waals surface area contributed by atoms with Gasteiger partial charge in [0.1, 0.15) is 0 Å². The summed E-state index contributed by atoms with van der Waals surface area (Å²) < 4.78 is 0. The van der Waals surface area contributed by atoms with Crippen molar-refractivity contribution in [3.05, 3.63) is 258 Å². The minimum atomic E-state index is -0.533. The third-order valence-corrected chi connectivity index (χ3v) is 14.5. The van der Waals surface area contributed by atoms with Gasteiger partial charge in [-0.1, -0.05) is 208 Å². The molecule has 0 saturated heterocycles. The zero-order valence-electron chi connectivity index (χ0n) is 35.3. The Labute approximate surface area is 368 Å². The Bertz CT molecular complexity index is 3580. The molecule has 0 unspecified atom stereocenters. The van der Waals surface area contributed by atoms with Gasteiger partial charge < -0.3 is 4.90 Å². The van der Waals surface area contributed by atoms with Gasteiger partial charge in [0, 0.05) is 22.4 Å². The van der Waals surface area contributed by atoms with E-state index in [4.69, 9.17) is 0 Å². The van der Waals surface area contributed by atoms with Crippen LogP contribution in [0.4, 0.5) is 17.1 Å². The van der Waals surface area contributed by atoms with E-state index >= 15 is 0 Å². The summed E-state index contributed by atoms with van der Waals surface area (Å²) in [5.74, 6) is 0. The van der Waals surface area contributed by atoms with E-state index < -0.39 is 5.41 Å². The first-order chi connectivity index (χ1) is 31.0. The van der Waals surface area contributed by atoms with Crippen LogP contribution >= 0.6 is 0 Å². The maximum Gasteiger partial charge on any atom is 0.0714 e. The minimum Gasteiger partial charge on any atom is -0.310 e. The Morgan fingerprint density at radius 1 is 0.333 bits per heavy atom. The molecule has 1 heteroatoms. The zero-order chi connectivity index (χ0) is 41.9. The Balaban J connectivity index is 1.17. The Morgan fingerprint density at radius 3 is 1.48 bits per heavy atom. The number of nitrogens with zero attached hydrogens (tertiary/aromatic N) is 1. The van der Waals surface area contributed by atoms with Crippen molar-refractivity contribution in [3.63, 3.8) is 0 Å². The number of rotatable bonds is 5. The van der Waals surface area contributed by atoms with Crippen molar-refractivity contribution >= 4 is 60.2 Å². The maximum atomic E-state index is 2.58. The highest BCUT2D eigenvalue weighted by Crippen LogP contribution is 2.60. The first kappa shape index (κ1) is 36.0. The van der Waals surface area contributed by atoms with Gasteiger partial charge in [0.25, 0.3) is 0 Å². The molecule has 0 radical (unpaired) electrons. The Hall–Kier alpha value is -7.74. The molecule has 2 aliphatic rings. The smallest absolute Gasteiger partial charge is 0.0714 e. The standard InChI is InChI=1S/C62H43N/c1-61(2)55-31-17-16-30-53(55)59-58(37-40-19-9-10-24-45(40)60(59)61)63(43-33-35-50-48-27-12-11-25-46(48)47-26-13-14-28-49(47)54(50)38-43)44-34-36-52-51-29-15-18-32-56(51)62(57(52)39-44,41-20-5-3-6-21-41)42-22-7-4-8-23-42/h3-39H,1-2H3. The minimum absolute atomic E-state index is 0.207. The molecule has 13 rings (SSSR count). The lowest BCUT2D eigenvalue weighted by molar-refractivity contribution is 0.666. The van der Waals surface area contributed by atoms with E-state index in [-0.39, 0.29) is 5.41 Å². The molecular weight excluding hydrogens is 759 g/mol. The molecule has 0 aliphatic heterocycles. The molecule has 296 valence electrons. The largest absolute Gasteiger partial charge is 0.310 e. The summed E-state index contributed by atoms with van der Waals surface area (Å²) in [6.07, 6.45) is 0. The van der Waals surface area contributed by atoms with Crippen molar-refractivity contribution < 1.29 is 0 Å². The molecule has 0 saturated carbocycles. The predicted octanol–water partition coefficient (Wildman–Crippen LogP) is 16.4. The third kappa shape index (κ3) is 4.94. The lowest BCUT2D eigenvalue weighted by atomic mass is 9.67. The molecule has 11 aromatic rings. The van der Waals surface area contributed by atoms with Crippen molar-refractivity contribution in [2.75, 3.05) is 4.90 Å². The molecular formula is C62H43N. The first-order valence-electron chi connectivity index (χ1n) is 22.2. The van der Waals surface area contributed by atoms with Crippen LogP contribution in [0.5, 0.6) is 0 Å². The second-order valence-electron chi connectivity index (χ2n) is 18.0. The van der Waals surface area contributed by atoms with Crippen LogP contribution < -0.4 is 4.90 Å². The van der Waals surface area contributed by atoms with Crippen LogP contribution in [0.1, 0.15) is 47.2 Å². The normalized spacial score (nSPS) is 14.1. The number of hydrogen-bond donors (Lipinski definition) is 0. The van der Waals surface area contributed by atoms with Gasteiger partial charge in [0.15, 0.2) is 0 Å². The molecule has 0 aromatic heterocycles. The average molecular weight is 802 g/mol. The van der Waals surface area contributed by atoms with E-state index in [1.165, 1.54) is 104 Å². The fraction of sp³-hybridized carbons (Fsp3) is 0.0645. The van der Waals surface area contributed by atoms with Gasteiger partial charge in [-0.2, -0.15) is 0 Å². The zero-order valence-corrected chi connectivity index (χ0v) is 35.3. The molecule has 11 aromatic carbocycles. The number of fused-ring (bicyclic) bond motifs is 14. The van der Waals surface area contributed by atoms with Crippen LogP contribution in [0.25, 0.3) is 65.3 Å². The SMILES string of the molecule is CC1(C)c2ccccc2-c2c(N(c3ccc4c(c3)C(c3ccccc3)(c3ccccc3)c3ccccc3-4)c3ccc4c5ccccc5c5ccccc5c4c3)cc3ccccc3c21. The number of anilines is 3. The van der Waals surface area contributed by atoms with E-state index in [1.54, 1.807) is 0 Å². The van der Waals surface area contributed by atoms with Gasteiger partial charge in [-0.05, 0) is 123 Å². The summed E-state index contributed by atoms with van der Waals surface area (Å²) in [4.78, 5) is 2.58. The average Bonchev–Trinajstić information content (AvgIpc) is 3.78. The van der Waals surface area contributed by atoms with Crippen LogP contribution in [-0.2, 0) is 10.8 Å². The lowest BCUT2D eigenvalue weighted by Gasteiger charge is -2.35. The van der Waals surface area contributed by atoms with Crippen LogP contribution in [0.15, 0.2) is 224 Å².